The first-order valence-corrected chi connectivity index (χ1v) is 10.4. The van der Waals surface area contributed by atoms with Crippen LogP contribution in [0.15, 0.2) is 59.0 Å². The number of carbonyl (C=O) groups is 2. The van der Waals surface area contributed by atoms with Crippen molar-refractivity contribution in [3.63, 3.8) is 0 Å². The molecule has 1 atom stereocenters. The summed E-state index contributed by atoms with van der Waals surface area (Å²) in [4.78, 5) is 30.7. The molecule has 0 unspecified atom stereocenters. The monoisotopic (exact) mass is 435 g/mol. The molecule has 2 heterocycles. The van der Waals surface area contributed by atoms with Gasteiger partial charge in [-0.05, 0) is 37.3 Å². The maximum atomic E-state index is 12.3. The van der Waals surface area contributed by atoms with Crippen molar-refractivity contribution in [1.82, 2.24) is 15.2 Å². The fourth-order valence-corrected chi connectivity index (χ4v) is 3.62. The number of amides is 1. The Morgan fingerprint density at radius 1 is 1.19 bits per heavy atom. The molecule has 0 bridgehead atoms. The van der Waals surface area contributed by atoms with E-state index in [1.165, 1.54) is 7.11 Å². The Hall–Kier alpha value is -3.65. The van der Waals surface area contributed by atoms with Crippen LogP contribution in [-0.4, -0.2) is 48.0 Å². The molecule has 32 heavy (non-hydrogen) atoms. The van der Waals surface area contributed by atoms with Crippen molar-refractivity contribution in [2.45, 2.75) is 25.9 Å². The summed E-state index contributed by atoms with van der Waals surface area (Å²) >= 11 is 0. The van der Waals surface area contributed by atoms with Crippen LogP contribution in [0.2, 0.25) is 0 Å². The van der Waals surface area contributed by atoms with Crippen LogP contribution in [0.1, 0.15) is 17.9 Å². The van der Waals surface area contributed by atoms with Gasteiger partial charge in [-0.15, -0.1) is 0 Å². The maximum absolute atomic E-state index is 12.3. The Kier molecular flexibility index (Phi) is 6.51. The summed E-state index contributed by atoms with van der Waals surface area (Å²) in [5.41, 5.74) is 1.51. The van der Waals surface area contributed by atoms with Gasteiger partial charge in [0.2, 0.25) is 11.8 Å². The molecule has 1 amide bonds. The third kappa shape index (κ3) is 4.97. The number of methoxy groups -OCH3 is 1. The van der Waals surface area contributed by atoms with E-state index in [0.29, 0.717) is 37.0 Å². The third-order valence-corrected chi connectivity index (χ3v) is 5.33. The molecule has 166 valence electrons. The number of ether oxygens (including phenoxy) is 2. The highest BCUT2D eigenvalue weighted by atomic mass is 16.5. The minimum atomic E-state index is -0.599. The average Bonchev–Trinajstić information content (AvgIpc) is 3.17. The Morgan fingerprint density at radius 3 is 2.75 bits per heavy atom. The van der Waals surface area contributed by atoms with Gasteiger partial charge in [0.25, 0.3) is 0 Å². The van der Waals surface area contributed by atoms with Crippen LogP contribution in [0, 0.1) is 6.92 Å². The van der Waals surface area contributed by atoms with Gasteiger partial charge in [0.05, 0.1) is 19.2 Å². The van der Waals surface area contributed by atoms with E-state index < -0.39 is 12.0 Å². The quantitative estimate of drug-likeness (QED) is 0.569. The maximum Gasteiger partial charge on any atom is 0.307 e. The van der Waals surface area contributed by atoms with Crippen molar-refractivity contribution in [2.75, 3.05) is 20.2 Å². The van der Waals surface area contributed by atoms with E-state index in [9.17, 15) is 9.59 Å². The number of para-hydroxylation sites is 1. The highest BCUT2D eigenvalue weighted by Gasteiger charge is 2.33. The standard InChI is InChI=1S/C24H25N3O5/c1-16-20(15-27-12-11-25-23(29)21(27)14-22(28)30-2)26-24(31-16)17-7-6-10-19(13-17)32-18-8-4-3-5-9-18/h3-10,13,21H,11-12,14-15H2,1-2H3,(H,25,29)/t21-/m1/s1. The lowest BCUT2D eigenvalue weighted by Crippen LogP contribution is -2.55. The summed E-state index contributed by atoms with van der Waals surface area (Å²) in [5.74, 6) is 1.95. The molecule has 1 N–H and O–H groups in total. The van der Waals surface area contributed by atoms with E-state index >= 15 is 0 Å². The number of aromatic nitrogens is 1. The zero-order valence-electron chi connectivity index (χ0n) is 18.0. The summed E-state index contributed by atoms with van der Waals surface area (Å²) in [5, 5.41) is 2.80. The smallest absolute Gasteiger partial charge is 0.307 e. The number of aryl methyl sites for hydroxylation is 1. The number of rotatable bonds is 7. The number of hydrogen-bond donors (Lipinski definition) is 1. The molecule has 4 rings (SSSR count). The number of nitrogens with one attached hydrogen (secondary N) is 1. The molecule has 8 heteroatoms. The predicted octanol–water partition coefficient (Wildman–Crippen LogP) is 3.31. The van der Waals surface area contributed by atoms with Gasteiger partial charge in [0.15, 0.2) is 0 Å². The summed E-state index contributed by atoms with van der Waals surface area (Å²) in [6, 6.07) is 16.5. The van der Waals surface area contributed by atoms with Crippen LogP contribution in [0.3, 0.4) is 0 Å². The lowest BCUT2D eigenvalue weighted by atomic mass is 10.1. The van der Waals surface area contributed by atoms with Crippen molar-refractivity contribution in [3.05, 3.63) is 66.1 Å². The second-order valence-electron chi connectivity index (χ2n) is 7.52. The van der Waals surface area contributed by atoms with Gasteiger partial charge >= 0.3 is 5.97 Å². The van der Waals surface area contributed by atoms with Crippen LogP contribution in [-0.2, 0) is 20.9 Å². The minimum absolute atomic E-state index is 0.00897. The molecule has 1 aliphatic heterocycles. The second kappa shape index (κ2) is 9.65. The van der Waals surface area contributed by atoms with Crippen molar-refractivity contribution in [3.8, 4) is 23.0 Å². The molecule has 1 aliphatic rings. The molecule has 0 saturated carbocycles. The van der Waals surface area contributed by atoms with Crippen LogP contribution >= 0.6 is 0 Å². The SMILES string of the molecule is COC(=O)C[C@@H]1C(=O)NCCN1Cc1nc(-c2cccc(Oc3ccccc3)c2)oc1C. The molecule has 3 aromatic rings. The molecule has 0 spiro atoms. The number of nitrogens with zero attached hydrogens (tertiary/aromatic N) is 2. The summed E-state index contributed by atoms with van der Waals surface area (Å²) in [7, 11) is 1.32. The number of hydrogen-bond acceptors (Lipinski definition) is 7. The molecule has 0 radical (unpaired) electrons. The zero-order chi connectivity index (χ0) is 22.5. The van der Waals surface area contributed by atoms with Crippen molar-refractivity contribution < 1.29 is 23.5 Å². The third-order valence-electron chi connectivity index (χ3n) is 5.33. The van der Waals surface area contributed by atoms with Crippen molar-refractivity contribution >= 4 is 11.9 Å². The van der Waals surface area contributed by atoms with E-state index in [1.807, 2.05) is 66.4 Å². The van der Waals surface area contributed by atoms with Gasteiger partial charge in [0.1, 0.15) is 23.3 Å². The van der Waals surface area contributed by atoms with Crippen LogP contribution in [0.4, 0.5) is 0 Å². The van der Waals surface area contributed by atoms with E-state index in [2.05, 4.69) is 10.3 Å². The summed E-state index contributed by atoms with van der Waals surface area (Å²) in [6.07, 6.45) is -0.00897. The molecule has 1 saturated heterocycles. The van der Waals surface area contributed by atoms with E-state index in [-0.39, 0.29) is 12.3 Å². The van der Waals surface area contributed by atoms with E-state index in [0.717, 1.165) is 17.0 Å². The van der Waals surface area contributed by atoms with Gasteiger partial charge in [-0.2, -0.15) is 0 Å². The molecule has 2 aromatic carbocycles. The highest BCUT2D eigenvalue weighted by molar-refractivity contribution is 5.87. The molecule has 1 fully saturated rings. The van der Waals surface area contributed by atoms with Crippen LogP contribution < -0.4 is 10.1 Å². The Labute approximate surface area is 186 Å². The first kappa shape index (κ1) is 21.6. The zero-order valence-corrected chi connectivity index (χ0v) is 18.0. The number of piperazine rings is 1. The lowest BCUT2D eigenvalue weighted by molar-refractivity contribution is -0.146. The molecular weight excluding hydrogens is 410 g/mol. The van der Waals surface area contributed by atoms with Gasteiger partial charge in [-0.1, -0.05) is 24.3 Å². The molecule has 0 aliphatic carbocycles. The average molecular weight is 435 g/mol. The number of esters is 1. The Morgan fingerprint density at radius 2 is 1.97 bits per heavy atom. The number of oxazole rings is 1. The van der Waals surface area contributed by atoms with Crippen LogP contribution in [0.5, 0.6) is 11.5 Å². The second-order valence-corrected chi connectivity index (χ2v) is 7.52. The summed E-state index contributed by atoms with van der Waals surface area (Å²) < 4.78 is 16.6. The van der Waals surface area contributed by atoms with E-state index in [1.54, 1.807) is 0 Å². The lowest BCUT2D eigenvalue weighted by Gasteiger charge is -2.33. The molecule has 8 nitrogen and oxygen atoms in total. The fourth-order valence-electron chi connectivity index (χ4n) is 3.62. The molecular formula is C24H25N3O5. The first-order chi connectivity index (χ1) is 15.5. The minimum Gasteiger partial charge on any atom is -0.469 e. The largest absolute Gasteiger partial charge is 0.469 e. The normalized spacial score (nSPS) is 16.4. The fraction of sp³-hybridized carbons (Fsp3) is 0.292. The Bertz CT molecular complexity index is 1100. The topological polar surface area (TPSA) is 93.9 Å². The van der Waals surface area contributed by atoms with Crippen molar-refractivity contribution in [1.29, 1.82) is 0 Å². The van der Waals surface area contributed by atoms with Crippen molar-refractivity contribution in [2.24, 2.45) is 0 Å². The first-order valence-electron chi connectivity index (χ1n) is 10.4. The predicted molar refractivity (Wildman–Crippen MR) is 117 cm³/mol. The van der Waals surface area contributed by atoms with Gasteiger partial charge in [-0.3, -0.25) is 14.5 Å². The highest BCUT2D eigenvalue weighted by Crippen LogP contribution is 2.29. The Balaban J connectivity index is 1.52. The summed E-state index contributed by atoms with van der Waals surface area (Å²) in [6.45, 7) is 3.36. The molecule has 1 aromatic heterocycles. The van der Waals surface area contributed by atoms with E-state index in [4.69, 9.17) is 13.9 Å². The number of carbonyl (C=O) groups excluding carboxylic acids is 2. The van der Waals surface area contributed by atoms with Gasteiger partial charge in [-0.25, -0.2) is 4.98 Å². The van der Waals surface area contributed by atoms with Crippen LogP contribution in [0.25, 0.3) is 11.5 Å². The van der Waals surface area contributed by atoms with Gasteiger partial charge < -0.3 is 19.2 Å². The number of benzene rings is 2. The van der Waals surface area contributed by atoms with Gasteiger partial charge in [0, 0.05) is 25.2 Å².